The maximum Gasteiger partial charge on any atom is 0.410 e. The molecule has 3 aliphatic rings. The minimum atomic E-state index is -1.67. The molecule has 2 heterocycles. The lowest BCUT2D eigenvalue weighted by Gasteiger charge is -2.50. The van der Waals surface area contributed by atoms with Crippen LogP contribution in [-0.4, -0.2) is 124 Å². The normalized spacial score (nSPS) is 35.8. The number of hydrogen-bond acceptors (Lipinski definition) is 12. The Morgan fingerprint density at radius 2 is 1.67 bits per heavy atom. The number of amides is 2. The SMILES string of the molecule is CCC1=CCC(N=C(N)N)C(OC2C(NC(=O)OC(C)(C)C)CC(C)C(OC3OCC(C)(O)C(N(C)C(=O)OC(C)(C)C)C3O)C2O)O1. The number of nitrogens with zero attached hydrogens (tertiary/aromatic N) is 2. The fraction of sp³-hybridized carbons (Fsp3) is 0.844. The molecular weight excluding hydrogens is 630 g/mol. The molecule has 11 unspecified atom stereocenters. The summed E-state index contributed by atoms with van der Waals surface area (Å²) in [5, 5.41) is 37.3. The molecule has 0 bridgehead atoms. The van der Waals surface area contributed by atoms with E-state index < -0.39 is 90.0 Å². The summed E-state index contributed by atoms with van der Waals surface area (Å²) < 4.78 is 35.4. The van der Waals surface area contributed by atoms with Crippen LogP contribution in [0, 0.1) is 5.92 Å². The minimum absolute atomic E-state index is 0.168. The zero-order valence-electron chi connectivity index (χ0n) is 29.8. The zero-order valence-corrected chi connectivity index (χ0v) is 29.8. The molecular formula is C32H57N5O11. The maximum atomic E-state index is 12.9. The van der Waals surface area contributed by atoms with E-state index in [0.717, 1.165) is 4.90 Å². The summed E-state index contributed by atoms with van der Waals surface area (Å²) in [4.78, 5) is 31.2. The predicted octanol–water partition coefficient (Wildman–Crippen LogP) is 1.44. The average molecular weight is 688 g/mol. The number of ether oxygens (including phenoxy) is 6. The van der Waals surface area contributed by atoms with Gasteiger partial charge < -0.3 is 65.4 Å². The standard InChI is InChI=1S/C32H57N5O11/c1-11-17-12-13-18(35-27(33)34)25(44-17)46-23-19(36-28(40)47-30(3,4)5)14-16(2)22(20(23)38)45-26-21(39)24(32(9,42)15-43-26)37(10)29(41)48-31(6,7)8/h12,16,18-26,38-39,42H,11,13-15H2,1-10H3,(H,36,40)(H4,33,34,35). The van der Waals surface area contributed by atoms with Gasteiger partial charge in [-0.3, -0.25) is 0 Å². The van der Waals surface area contributed by atoms with Gasteiger partial charge >= 0.3 is 12.2 Å². The van der Waals surface area contributed by atoms with Gasteiger partial charge in [0.1, 0.15) is 41.2 Å². The molecule has 2 aliphatic heterocycles. The van der Waals surface area contributed by atoms with Gasteiger partial charge in [0.05, 0.1) is 30.6 Å². The molecule has 16 heteroatoms. The molecule has 2 amide bonds. The lowest BCUT2D eigenvalue weighted by Crippen LogP contribution is -2.68. The molecule has 3 rings (SSSR count). The Balaban J connectivity index is 1.90. The van der Waals surface area contributed by atoms with E-state index >= 15 is 0 Å². The summed E-state index contributed by atoms with van der Waals surface area (Å²) in [6.07, 6.45) is -5.85. The fourth-order valence-electron chi connectivity index (χ4n) is 6.19. The quantitative estimate of drug-likeness (QED) is 0.157. The largest absolute Gasteiger partial charge is 0.467 e. The van der Waals surface area contributed by atoms with Gasteiger partial charge in [-0.25, -0.2) is 14.6 Å². The number of guanidine groups is 1. The second-order valence-corrected chi connectivity index (χ2v) is 15.1. The van der Waals surface area contributed by atoms with E-state index in [2.05, 4.69) is 10.3 Å². The van der Waals surface area contributed by atoms with E-state index in [9.17, 15) is 24.9 Å². The van der Waals surface area contributed by atoms with E-state index in [1.165, 1.54) is 14.0 Å². The maximum absolute atomic E-state index is 12.9. The van der Waals surface area contributed by atoms with Crippen molar-refractivity contribution in [2.75, 3.05) is 13.7 Å². The number of aliphatic imine (C=N–C) groups is 1. The summed E-state index contributed by atoms with van der Waals surface area (Å²) >= 11 is 0. The summed E-state index contributed by atoms with van der Waals surface area (Å²) in [6, 6.07) is -2.60. The van der Waals surface area contributed by atoms with Crippen LogP contribution >= 0.6 is 0 Å². The van der Waals surface area contributed by atoms with Crippen molar-refractivity contribution in [3.63, 3.8) is 0 Å². The number of hydrogen-bond donors (Lipinski definition) is 6. The summed E-state index contributed by atoms with van der Waals surface area (Å²) in [5.41, 5.74) is 8.11. The first-order chi connectivity index (χ1) is 22.0. The highest BCUT2D eigenvalue weighted by Crippen LogP contribution is 2.37. The van der Waals surface area contributed by atoms with Crippen LogP contribution in [-0.2, 0) is 28.4 Å². The lowest BCUT2D eigenvalue weighted by atomic mass is 9.80. The number of likely N-dealkylation sites (N-methyl/N-ethyl adjacent to an activating group) is 1. The molecule has 1 aliphatic carbocycles. The second kappa shape index (κ2) is 15.3. The van der Waals surface area contributed by atoms with Crippen molar-refractivity contribution >= 4 is 18.1 Å². The van der Waals surface area contributed by atoms with Gasteiger partial charge in [-0.15, -0.1) is 0 Å². The first-order valence-electron chi connectivity index (χ1n) is 16.4. The molecule has 0 radical (unpaired) electrons. The summed E-state index contributed by atoms with van der Waals surface area (Å²) in [6.45, 7) is 15.2. The minimum Gasteiger partial charge on any atom is -0.467 e. The van der Waals surface area contributed by atoms with Gasteiger partial charge in [-0.2, -0.15) is 0 Å². The highest BCUT2D eigenvalue weighted by Gasteiger charge is 2.54. The summed E-state index contributed by atoms with van der Waals surface area (Å²) in [7, 11) is 1.41. The molecule has 8 N–H and O–H groups in total. The Morgan fingerprint density at radius 3 is 2.23 bits per heavy atom. The summed E-state index contributed by atoms with van der Waals surface area (Å²) in [5.74, 6) is 0.0567. The van der Waals surface area contributed by atoms with Crippen molar-refractivity contribution in [3.8, 4) is 0 Å². The highest BCUT2D eigenvalue weighted by atomic mass is 16.7. The van der Waals surface area contributed by atoms with Gasteiger partial charge in [0.2, 0.25) is 6.29 Å². The molecule has 0 spiro atoms. The average Bonchev–Trinajstić information content (AvgIpc) is 2.92. The molecule has 16 nitrogen and oxygen atoms in total. The van der Waals surface area contributed by atoms with E-state index in [1.807, 2.05) is 13.0 Å². The van der Waals surface area contributed by atoms with Crippen LogP contribution in [0.25, 0.3) is 0 Å². The van der Waals surface area contributed by atoms with Crippen molar-refractivity contribution in [1.29, 1.82) is 0 Å². The number of allylic oxidation sites excluding steroid dienone is 1. The van der Waals surface area contributed by atoms with Crippen molar-refractivity contribution in [2.24, 2.45) is 22.4 Å². The number of carbonyl (C=O) groups is 2. The van der Waals surface area contributed by atoms with Crippen LogP contribution < -0.4 is 16.8 Å². The molecule has 48 heavy (non-hydrogen) atoms. The van der Waals surface area contributed by atoms with Gasteiger partial charge in [-0.1, -0.05) is 13.8 Å². The van der Waals surface area contributed by atoms with E-state index in [-0.39, 0.29) is 19.0 Å². The molecule has 0 aromatic carbocycles. The number of nitrogens with one attached hydrogen (secondary N) is 1. The fourth-order valence-corrected chi connectivity index (χ4v) is 6.19. The number of aliphatic hydroxyl groups excluding tert-OH is 2. The molecule has 1 saturated carbocycles. The number of rotatable bonds is 8. The molecule has 2 fully saturated rings. The van der Waals surface area contributed by atoms with Crippen molar-refractivity contribution in [1.82, 2.24) is 10.2 Å². The number of nitrogens with two attached hydrogens (primary N) is 2. The Bertz CT molecular complexity index is 1180. The van der Waals surface area contributed by atoms with Crippen LogP contribution in [0.5, 0.6) is 0 Å². The Morgan fingerprint density at radius 1 is 1.06 bits per heavy atom. The lowest BCUT2D eigenvalue weighted by molar-refractivity contribution is -0.314. The Kier molecular flexibility index (Phi) is 12.6. The number of carbonyl (C=O) groups excluding carboxylic acids is 2. The predicted molar refractivity (Wildman–Crippen MR) is 174 cm³/mol. The first kappa shape index (κ1) is 39.5. The molecule has 11 atom stereocenters. The Hall–Kier alpha value is -2.89. The Labute approximate surface area is 283 Å². The first-order valence-corrected chi connectivity index (χ1v) is 16.4. The molecule has 0 aromatic rings. The van der Waals surface area contributed by atoms with Crippen LogP contribution in [0.4, 0.5) is 9.59 Å². The van der Waals surface area contributed by atoms with Gasteiger partial charge in [-0.05, 0) is 73.3 Å². The van der Waals surface area contributed by atoms with Gasteiger partial charge in [0.15, 0.2) is 12.2 Å². The molecule has 276 valence electrons. The van der Waals surface area contributed by atoms with Crippen LogP contribution in [0.15, 0.2) is 16.8 Å². The van der Waals surface area contributed by atoms with Crippen LogP contribution in [0.3, 0.4) is 0 Å². The van der Waals surface area contributed by atoms with Gasteiger partial charge in [0, 0.05) is 13.5 Å². The van der Waals surface area contributed by atoms with Crippen molar-refractivity contribution in [3.05, 3.63) is 11.8 Å². The van der Waals surface area contributed by atoms with Crippen LogP contribution in [0.1, 0.15) is 81.6 Å². The number of alkyl carbamates (subject to hydrolysis) is 1. The zero-order chi connectivity index (χ0) is 36.4. The van der Waals surface area contributed by atoms with Crippen molar-refractivity contribution in [2.45, 2.75) is 154 Å². The van der Waals surface area contributed by atoms with Crippen molar-refractivity contribution < 1.29 is 53.3 Å². The second-order valence-electron chi connectivity index (χ2n) is 15.1. The number of aliphatic hydroxyl groups is 3. The molecule has 1 saturated heterocycles. The highest BCUT2D eigenvalue weighted by molar-refractivity contribution is 5.76. The third-order valence-electron chi connectivity index (χ3n) is 8.25. The molecule has 0 aromatic heterocycles. The van der Waals surface area contributed by atoms with E-state index in [1.54, 1.807) is 48.5 Å². The third kappa shape index (κ3) is 10.3. The van der Waals surface area contributed by atoms with Gasteiger partial charge in [0.25, 0.3) is 0 Å². The topological polar surface area (TPSA) is 230 Å². The third-order valence-corrected chi connectivity index (χ3v) is 8.25. The smallest absolute Gasteiger partial charge is 0.410 e. The monoisotopic (exact) mass is 687 g/mol. The van der Waals surface area contributed by atoms with E-state index in [0.29, 0.717) is 18.6 Å². The van der Waals surface area contributed by atoms with Crippen LogP contribution in [0.2, 0.25) is 0 Å². The van der Waals surface area contributed by atoms with E-state index in [4.69, 9.17) is 39.9 Å².